The first-order valence-corrected chi connectivity index (χ1v) is 14.0. The predicted octanol–water partition coefficient (Wildman–Crippen LogP) is 6.51. The molecule has 4 aromatic rings. The number of benzene rings is 4. The number of hydrogen-bond acceptors (Lipinski definition) is 4. The van der Waals surface area contributed by atoms with E-state index in [1.54, 1.807) is 32.2 Å². The first-order chi connectivity index (χ1) is 20.2. The Balaban J connectivity index is 1.78. The Morgan fingerprint density at radius 2 is 1.45 bits per heavy atom. The summed E-state index contributed by atoms with van der Waals surface area (Å²) in [5.74, 6) is -3.99. The molecule has 0 aliphatic heterocycles. The Labute approximate surface area is 249 Å². The highest BCUT2D eigenvalue weighted by atomic mass is 35.5. The van der Waals surface area contributed by atoms with Gasteiger partial charge in [-0.15, -0.1) is 0 Å². The van der Waals surface area contributed by atoms with Crippen molar-refractivity contribution in [2.24, 2.45) is 11.7 Å². The number of nitrogens with zero attached hydrogens (tertiary/aromatic N) is 1. The van der Waals surface area contributed by atoms with E-state index in [0.29, 0.717) is 27.3 Å². The van der Waals surface area contributed by atoms with E-state index in [2.05, 4.69) is 0 Å². The third-order valence-corrected chi connectivity index (χ3v) is 7.79. The van der Waals surface area contributed by atoms with E-state index in [4.69, 9.17) is 22.1 Å². The molecule has 1 amide bonds. The molecule has 0 fully saturated rings. The van der Waals surface area contributed by atoms with E-state index < -0.39 is 29.1 Å². The maximum absolute atomic E-state index is 14.1. The highest BCUT2D eigenvalue weighted by molar-refractivity contribution is 6.31. The van der Waals surface area contributed by atoms with Crippen molar-refractivity contribution in [1.29, 1.82) is 0 Å². The molecule has 0 aromatic heterocycles. The van der Waals surface area contributed by atoms with Crippen molar-refractivity contribution in [3.8, 4) is 0 Å². The van der Waals surface area contributed by atoms with Crippen molar-refractivity contribution in [2.75, 3.05) is 13.6 Å². The number of rotatable bonds is 11. The molecular formula is C34H33ClF2N2O3. The van der Waals surface area contributed by atoms with Gasteiger partial charge in [0.2, 0.25) is 5.91 Å². The molecule has 218 valence electrons. The van der Waals surface area contributed by atoms with Crippen LogP contribution in [0.4, 0.5) is 8.78 Å². The molecule has 0 spiro atoms. The van der Waals surface area contributed by atoms with Gasteiger partial charge in [-0.2, -0.15) is 0 Å². The summed E-state index contributed by atoms with van der Waals surface area (Å²) in [7, 11) is 1.60. The zero-order valence-electron chi connectivity index (χ0n) is 23.5. The molecule has 42 heavy (non-hydrogen) atoms. The second kappa shape index (κ2) is 13.7. The highest BCUT2D eigenvalue weighted by Gasteiger charge is 2.43. The average molecular weight is 591 g/mol. The van der Waals surface area contributed by atoms with E-state index in [1.807, 2.05) is 66.7 Å². The number of carbonyl (C=O) groups is 2. The molecule has 0 saturated carbocycles. The summed E-state index contributed by atoms with van der Waals surface area (Å²) in [6, 6.07) is 28.8. The highest BCUT2D eigenvalue weighted by Crippen LogP contribution is 2.44. The fourth-order valence-electron chi connectivity index (χ4n) is 5.02. The monoisotopic (exact) mass is 590 g/mol. The normalized spacial score (nSPS) is 12.8. The van der Waals surface area contributed by atoms with E-state index in [9.17, 15) is 18.4 Å². The minimum absolute atomic E-state index is 0.0114. The summed E-state index contributed by atoms with van der Waals surface area (Å²) in [6.07, 6.45) is -0.339. The third-order valence-electron chi connectivity index (χ3n) is 7.46. The van der Waals surface area contributed by atoms with Crippen LogP contribution in [0, 0.1) is 17.6 Å². The molecule has 0 unspecified atom stereocenters. The molecule has 0 radical (unpaired) electrons. The molecule has 4 rings (SSSR count). The third kappa shape index (κ3) is 6.69. The molecule has 2 N–H and O–H groups in total. The largest absolute Gasteiger partial charge is 0.444 e. The van der Waals surface area contributed by atoms with E-state index in [-0.39, 0.29) is 31.3 Å². The summed E-state index contributed by atoms with van der Waals surface area (Å²) in [6.45, 7) is 2.00. The first kappa shape index (κ1) is 30.9. The van der Waals surface area contributed by atoms with E-state index >= 15 is 0 Å². The molecular weight excluding hydrogens is 558 g/mol. The molecule has 5 nitrogen and oxygen atoms in total. The minimum Gasteiger partial charge on any atom is -0.444 e. The smallest absolute Gasteiger partial charge is 0.308 e. The van der Waals surface area contributed by atoms with Gasteiger partial charge in [0.25, 0.3) is 0 Å². The fourth-order valence-corrected chi connectivity index (χ4v) is 5.29. The van der Waals surface area contributed by atoms with Crippen molar-refractivity contribution >= 4 is 23.5 Å². The lowest BCUT2D eigenvalue weighted by molar-refractivity contribution is -0.157. The second-order valence-corrected chi connectivity index (χ2v) is 10.7. The maximum Gasteiger partial charge on any atom is 0.308 e. The Bertz CT molecular complexity index is 1480. The minimum atomic E-state index is -1.44. The number of esters is 1. The van der Waals surface area contributed by atoms with Gasteiger partial charge in [-0.3, -0.25) is 9.59 Å². The standard InChI is InChI=1S/C34H33ClF2N2O3/c1-23(22-38)39(2)33(41)25(19-24-17-18-30(36)31(37)20-24)21-32(40)42-34(26-11-5-3-6-12-26,27-13-7-4-8-14-27)28-15-9-10-16-29(28)35/h3-18,20,23,25H,19,21-22,38H2,1-2H3/t23-,25+/m0/s1. The summed E-state index contributed by atoms with van der Waals surface area (Å²) >= 11 is 6.75. The van der Waals surface area contributed by atoms with Crippen LogP contribution in [0.15, 0.2) is 103 Å². The molecule has 2 atom stereocenters. The Hall–Kier alpha value is -4.07. The van der Waals surface area contributed by atoms with Gasteiger partial charge < -0.3 is 15.4 Å². The number of carbonyl (C=O) groups excluding carboxylic acids is 2. The topological polar surface area (TPSA) is 72.6 Å². The van der Waals surface area contributed by atoms with E-state index in [0.717, 1.165) is 12.1 Å². The lowest BCUT2D eigenvalue weighted by Crippen LogP contribution is -2.44. The van der Waals surface area contributed by atoms with Gasteiger partial charge >= 0.3 is 5.97 Å². The quantitative estimate of drug-likeness (QED) is 0.160. The van der Waals surface area contributed by atoms with Gasteiger partial charge in [0.1, 0.15) is 0 Å². The number of likely N-dealkylation sites (N-methyl/N-ethyl adjacent to an activating group) is 1. The van der Waals surface area contributed by atoms with E-state index in [1.165, 1.54) is 11.0 Å². The number of hydrogen-bond donors (Lipinski definition) is 1. The van der Waals surface area contributed by atoms with Crippen LogP contribution in [0.1, 0.15) is 35.6 Å². The van der Waals surface area contributed by atoms with Crippen LogP contribution in [0.3, 0.4) is 0 Å². The van der Waals surface area contributed by atoms with Gasteiger partial charge in [0.05, 0.1) is 12.3 Å². The molecule has 0 bridgehead atoms. The van der Waals surface area contributed by atoms with Crippen molar-refractivity contribution in [2.45, 2.75) is 31.4 Å². The van der Waals surface area contributed by atoms with Crippen LogP contribution < -0.4 is 5.73 Å². The van der Waals surface area contributed by atoms with Crippen molar-refractivity contribution in [1.82, 2.24) is 4.90 Å². The van der Waals surface area contributed by atoms with Gasteiger partial charge in [-0.1, -0.05) is 96.5 Å². The summed E-state index contributed by atoms with van der Waals surface area (Å²) in [5.41, 5.74) is 6.61. The number of halogens is 3. The Morgan fingerprint density at radius 1 is 0.881 bits per heavy atom. The molecule has 0 aliphatic rings. The number of ether oxygens (including phenoxy) is 1. The van der Waals surface area contributed by atoms with Crippen LogP contribution in [0.2, 0.25) is 5.02 Å². The van der Waals surface area contributed by atoms with Gasteiger partial charge in [-0.25, -0.2) is 8.78 Å². The Kier molecular flexibility index (Phi) is 10.1. The predicted molar refractivity (Wildman–Crippen MR) is 160 cm³/mol. The lowest BCUT2D eigenvalue weighted by atomic mass is 9.80. The van der Waals surface area contributed by atoms with Crippen molar-refractivity contribution < 1.29 is 23.1 Å². The van der Waals surface area contributed by atoms with Crippen LogP contribution in [0.5, 0.6) is 0 Å². The van der Waals surface area contributed by atoms with Crippen molar-refractivity contribution in [3.05, 3.63) is 142 Å². The van der Waals surface area contributed by atoms with Crippen LogP contribution in [-0.4, -0.2) is 36.4 Å². The maximum atomic E-state index is 14.1. The summed E-state index contributed by atoms with van der Waals surface area (Å²) in [4.78, 5) is 29.1. The van der Waals surface area contributed by atoms with Gasteiger partial charge in [-0.05, 0) is 37.1 Å². The zero-order valence-corrected chi connectivity index (χ0v) is 24.2. The molecule has 0 saturated heterocycles. The SMILES string of the molecule is C[C@@H](CN)N(C)C(=O)[C@@H](CC(=O)OC(c1ccccc1)(c1ccccc1)c1ccccc1Cl)Cc1ccc(F)c(F)c1. The summed E-state index contributed by atoms with van der Waals surface area (Å²) < 4.78 is 34.2. The lowest BCUT2D eigenvalue weighted by Gasteiger charge is -2.36. The molecule has 0 aliphatic carbocycles. The van der Waals surface area contributed by atoms with Gasteiger partial charge in [0.15, 0.2) is 17.2 Å². The van der Waals surface area contributed by atoms with Crippen LogP contribution in [0.25, 0.3) is 0 Å². The molecule has 0 heterocycles. The number of amides is 1. The number of nitrogens with two attached hydrogens (primary N) is 1. The van der Waals surface area contributed by atoms with Gasteiger partial charge in [0, 0.05) is 41.3 Å². The van der Waals surface area contributed by atoms with Crippen LogP contribution in [-0.2, 0) is 26.3 Å². The Morgan fingerprint density at radius 3 is 2.00 bits per heavy atom. The summed E-state index contributed by atoms with van der Waals surface area (Å²) in [5, 5.41) is 0.393. The fraction of sp³-hybridized carbons (Fsp3) is 0.235. The molecule has 4 aromatic carbocycles. The molecule has 8 heteroatoms. The van der Waals surface area contributed by atoms with Crippen LogP contribution >= 0.6 is 11.6 Å². The second-order valence-electron chi connectivity index (χ2n) is 10.3. The average Bonchev–Trinajstić information content (AvgIpc) is 3.01. The first-order valence-electron chi connectivity index (χ1n) is 13.7. The zero-order chi connectivity index (χ0) is 30.3. The van der Waals surface area contributed by atoms with Crippen molar-refractivity contribution in [3.63, 3.8) is 0 Å².